The van der Waals surface area contributed by atoms with Crippen molar-refractivity contribution in [2.75, 3.05) is 13.2 Å². The van der Waals surface area contributed by atoms with Gasteiger partial charge < -0.3 is 9.47 Å². The Balaban J connectivity index is 1.57. The molecule has 2 aliphatic rings. The van der Waals surface area contributed by atoms with Crippen LogP contribution in [0.3, 0.4) is 0 Å². The van der Waals surface area contributed by atoms with Gasteiger partial charge in [0.2, 0.25) is 0 Å². The number of ether oxygens (including phenoxy) is 2. The third-order valence-electron chi connectivity index (χ3n) is 3.63. The first kappa shape index (κ1) is 13.2. The second-order valence-electron chi connectivity index (χ2n) is 5.17. The Bertz CT molecular complexity index is 290. The summed E-state index contributed by atoms with van der Waals surface area (Å²) < 4.78 is 10.3. The number of carbonyl (C=O) groups is 1. The van der Waals surface area contributed by atoms with Crippen molar-refractivity contribution in [3.63, 3.8) is 0 Å². The van der Waals surface area contributed by atoms with Crippen LogP contribution in [0.4, 0.5) is 4.79 Å². The fourth-order valence-corrected chi connectivity index (χ4v) is 2.43. The summed E-state index contributed by atoms with van der Waals surface area (Å²) in [5, 5.41) is 0. The van der Waals surface area contributed by atoms with Gasteiger partial charge in [0, 0.05) is 0 Å². The minimum absolute atomic E-state index is 0.472. The van der Waals surface area contributed by atoms with Crippen molar-refractivity contribution < 1.29 is 14.3 Å². The predicted molar refractivity (Wildman–Crippen MR) is 70.3 cm³/mol. The Morgan fingerprint density at radius 3 is 1.78 bits per heavy atom. The molecular weight excluding hydrogens is 228 g/mol. The van der Waals surface area contributed by atoms with E-state index in [0.29, 0.717) is 25.0 Å². The molecule has 0 N–H and O–H groups in total. The topological polar surface area (TPSA) is 35.5 Å². The van der Waals surface area contributed by atoms with E-state index in [0.717, 1.165) is 38.5 Å². The molecule has 0 aromatic carbocycles. The summed E-state index contributed by atoms with van der Waals surface area (Å²) in [4.78, 5) is 11.4. The molecule has 0 fully saturated rings. The predicted octanol–water partition coefficient (Wildman–Crippen LogP) is 3.85. The average Bonchev–Trinajstić information content (AvgIpc) is 2.45. The fraction of sp³-hybridized carbons (Fsp3) is 0.667. The van der Waals surface area contributed by atoms with Crippen molar-refractivity contribution in [1.29, 1.82) is 0 Å². The Hall–Kier alpha value is -1.25. The number of carbonyl (C=O) groups excluding carboxylic acids is 1. The van der Waals surface area contributed by atoms with E-state index in [1.165, 1.54) is 0 Å². The van der Waals surface area contributed by atoms with Crippen LogP contribution in [0.15, 0.2) is 24.3 Å². The molecule has 0 heterocycles. The number of rotatable bonds is 4. The van der Waals surface area contributed by atoms with Gasteiger partial charge in [-0.15, -0.1) is 0 Å². The van der Waals surface area contributed by atoms with Crippen LogP contribution in [-0.2, 0) is 9.47 Å². The molecule has 2 atom stereocenters. The molecule has 0 spiro atoms. The lowest BCUT2D eigenvalue weighted by Gasteiger charge is -2.19. The molecule has 0 bridgehead atoms. The normalized spacial score (nSPS) is 26.9. The molecule has 2 unspecified atom stereocenters. The summed E-state index contributed by atoms with van der Waals surface area (Å²) >= 11 is 0. The summed E-state index contributed by atoms with van der Waals surface area (Å²) in [7, 11) is 0. The van der Waals surface area contributed by atoms with Gasteiger partial charge in [-0.2, -0.15) is 0 Å². The first-order valence-electron chi connectivity index (χ1n) is 6.94. The molecule has 0 radical (unpaired) electrons. The van der Waals surface area contributed by atoms with Gasteiger partial charge in [0.15, 0.2) is 0 Å². The van der Waals surface area contributed by atoms with Gasteiger partial charge in [-0.05, 0) is 50.4 Å². The standard InChI is InChI=1S/C15H22O3/c16-15(17-11-13-7-3-1-4-8-13)18-12-14-9-5-2-6-10-14/h1-3,5,13-14H,4,6-12H2. The SMILES string of the molecule is O=C(OCC1CC=CCC1)OCC1CC=CCC1. The molecule has 0 saturated carbocycles. The second kappa shape index (κ2) is 7.24. The average molecular weight is 250 g/mol. The second-order valence-corrected chi connectivity index (χ2v) is 5.17. The van der Waals surface area contributed by atoms with Crippen LogP contribution < -0.4 is 0 Å². The molecule has 3 heteroatoms. The maximum absolute atomic E-state index is 11.4. The van der Waals surface area contributed by atoms with E-state index < -0.39 is 6.16 Å². The highest BCUT2D eigenvalue weighted by Crippen LogP contribution is 2.20. The maximum atomic E-state index is 11.4. The first-order chi connectivity index (χ1) is 8.84. The van der Waals surface area contributed by atoms with Crippen LogP contribution in [0.25, 0.3) is 0 Å². The lowest BCUT2D eigenvalue weighted by molar-refractivity contribution is 0.0327. The van der Waals surface area contributed by atoms with Crippen molar-refractivity contribution >= 4 is 6.16 Å². The Morgan fingerprint density at radius 1 is 0.889 bits per heavy atom. The lowest BCUT2D eigenvalue weighted by atomic mass is 9.95. The summed E-state index contributed by atoms with van der Waals surface area (Å²) in [5.41, 5.74) is 0. The van der Waals surface area contributed by atoms with Gasteiger partial charge >= 0.3 is 6.16 Å². The molecule has 18 heavy (non-hydrogen) atoms. The molecular formula is C15H22O3. The fourth-order valence-electron chi connectivity index (χ4n) is 2.43. The monoisotopic (exact) mass is 250 g/mol. The van der Waals surface area contributed by atoms with Crippen molar-refractivity contribution in [3.8, 4) is 0 Å². The third kappa shape index (κ3) is 4.55. The van der Waals surface area contributed by atoms with Gasteiger partial charge in [0.25, 0.3) is 0 Å². The van der Waals surface area contributed by atoms with Crippen LogP contribution in [0.5, 0.6) is 0 Å². The molecule has 2 aliphatic carbocycles. The highest BCUT2D eigenvalue weighted by Gasteiger charge is 2.16. The van der Waals surface area contributed by atoms with E-state index in [1.54, 1.807) is 0 Å². The van der Waals surface area contributed by atoms with Gasteiger partial charge in [-0.25, -0.2) is 4.79 Å². The molecule has 0 amide bonds. The number of hydrogen-bond donors (Lipinski definition) is 0. The summed E-state index contributed by atoms with van der Waals surface area (Å²) in [5.74, 6) is 0.945. The molecule has 2 rings (SSSR count). The summed E-state index contributed by atoms with van der Waals surface area (Å²) in [6.07, 6.45) is 14.6. The molecule has 100 valence electrons. The van der Waals surface area contributed by atoms with Crippen LogP contribution in [0, 0.1) is 11.8 Å². The van der Waals surface area contributed by atoms with Crippen molar-refractivity contribution in [2.24, 2.45) is 11.8 Å². The van der Waals surface area contributed by atoms with E-state index >= 15 is 0 Å². The van der Waals surface area contributed by atoms with Gasteiger partial charge in [-0.1, -0.05) is 24.3 Å². The summed E-state index contributed by atoms with van der Waals surface area (Å²) in [6.45, 7) is 0.988. The zero-order chi connectivity index (χ0) is 12.6. The highest BCUT2D eigenvalue weighted by molar-refractivity contribution is 5.59. The van der Waals surface area contributed by atoms with Crippen molar-refractivity contribution in [3.05, 3.63) is 24.3 Å². The third-order valence-corrected chi connectivity index (χ3v) is 3.63. The Labute approximate surface area is 109 Å². The zero-order valence-electron chi connectivity index (χ0n) is 10.8. The van der Waals surface area contributed by atoms with Crippen LogP contribution in [0.1, 0.15) is 38.5 Å². The maximum Gasteiger partial charge on any atom is 0.508 e. The highest BCUT2D eigenvalue weighted by atomic mass is 16.7. The van der Waals surface area contributed by atoms with Crippen LogP contribution in [0.2, 0.25) is 0 Å². The van der Waals surface area contributed by atoms with Gasteiger partial charge in [0.05, 0.1) is 13.2 Å². The van der Waals surface area contributed by atoms with Crippen LogP contribution >= 0.6 is 0 Å². The minimum Gasteiger partial charge on any atom is -0.434 e. The van der Waals surface area contributed by atoms with Crippen molar-refractivity contribution in [1.82, 2.24) is 0 Å². The quantitative estimate of drug-likeness (QED) is 0.561. The molecule has 0 aromatic rings. The minimum atomic E-state index is -0.501. The van der Waals surface area contributed by atoms with E-state index in [4.69, 9.17) is 9.47 Å². The van der Waals surface area contributed by atoms with Gasteiger partial charge in [-0.3, -0.25) is 0 Å². The van der Waals surface area contributed by atoms with Crippen molar-refractivity contribution in [2.45, 2.75) is 38.5 Å². The molecule has 3 nitrogen and oxygen atoms in total. The Kier molecular flexibility index (Phi) is 5.31. The first-order valence-corrected chi connectivity index (χ1v) is 6.94. The number of allylic oxidation sites excluding steroid dienone is 4. The van der Waals surface area contributed by atoms with Crippen LogP contribution in [-0.4, -0.2) is 19.4 Å². The van der Waals surface area contributed by atoms with E-state index in [1.807, 2.05) is 0 Å². The molecule has 0 aromatic heterocycles. The number of hydrogen-bond acceptors (Lipinski definition) is 3. The zero-order valence-corrected chi connectivity index (χ0v) is 10.8. The smallest absolute Gasteiger partial charge is 0.434 e. The van der Waals surface area contributed by atoms with Gasteiger partial charge in [0.1, 0.15) is 0 Å². The summed E-state index contributed by atoms with van der Waals surface area (Å²) in [6, 6.07) is 0. The Morgan fingerprint density at radius 2 is 1.39 bits per heavy atom. The van der Waals surface area contributed by atoms with E-state index in [2.05, 4.69) is 24.3 Å². The molecule has 0 aliphatic heterocycles. The molecule has 0 saturated heterocycles. The van der Waals surface area contributed by atoms with E-state index in [-0.39, 0.29) is 0 Å². The van der Waals surface area contributed by atoms with E-state index in [9.17, 15) is 4.79 Å². The lowest BCUT2D eigenvalue weighted by Crippen LogP contribution is -2.19. The largest absolute Gasteiger partial charge is 0.508 e.